The second-order valence-corrected chi connectivity index (χ2v) is 3.45. The molecule has 108 valence electrons. The molecule has 0 saturated heterocycles. The maximum Gasteiger partial charge on any atom is 0.339 e. The van der Waals surface area contributed by atoms with E-state index in [2.05, 4.69) is 6.58 Å². The van der Waals surface area contributed by atoms with Crippen LogP contribution in [0.5, 0.6) is 5.75 Å². The molecule has 4 N–H and O–H groups in total. The molecule has 0 bridgehead atoms. The highest BCUT2D eigenvalue weighted by Crippen LogP contribution is 2.17. The van der Waals surface area contributed by atoms with Crippen LogP contribution in [-0.4, -0.2) is 38.3 Å². The molecule has 0 spiro atoms. The average molecular weight is 286 g/mol. The van der Waals surface area contributed by atoms with Gasteiger partial charge in [0.05, 0.1) is 6.42 Å². The lowest BCUT2D eigenvalue weighted by atomic mass is 10.2. The van der Waals surface area contributed by atoms with Gasteiger partial charge in [-0.2, -0.15) is 0 Å². The van der Waals surface area contributed by atoms with Crippen LogP contribution in [0.3, 0.4) is 0 Å². The minimum Gasteiger partial charge on any atom is -0.507 e. The predicted molar refractivity (Wildman–Crippen MR) is 64.1 cm³/mol. The third kappa shape index (κ3) is 6.15. The molecule has 0 amide bonds. The monoisotopic (exact) mass is 286 g/mol. The van der Waals surface area contributed by atoms with E-state index in [4.69, 9.17) is 20.4 Å². The lowest BCUT2D eigenvalue weighted by Crippen LogP contribution is -2.04. The number of carbonyl (C=O) groups is 3. The summed E-state index contributed by atoms with van der Waals surface area (Å²) in [5.41, 5.74) is -0.729. The fourth-order valence-electron chi connectivity index (χ4n) is 0.938. The first-order valence-corrected chi connectivity index (χ1v) is 4.99. The number of halogens is 1. The van der Waals surface area contributed by atoms with Crippen LogP contribution in [0.4, 0.5) is 4.39 Å². The maximum absolute atomic E-state index is 12.3. The number of hydrogen-bond donors (Lipinski definition) is 4. The summed E-state index contributed by atoms with van der Waals surface area (Å²) in [5, 5.41) is 33.3. The van der Waals surface area contributed by atoms with Gasteiger partial charge in [-0.15, -0.1) is 0 Å². The SMILES string of the molecule is C=C(CC(=O)O)C(=O)O.O=C(O)c1cc(F)ccc1O. The van der Waals surface area contributed by atoms with E-state index in [0.717, 1.165) is 18.2 Å². The molecule has 1 aromatic carbocycles. The Morgan fingerprint density at radius 3 is 2.00 bits per heavy atom. The van der Waals surface area contributed by atoms with Crippen LogP contribution in [0.25, 0.3) is 0 Å². The highest BCUT2D eigenvalue weighted by molar-refractivity contribution is 5.91. The molecule has 0 aliphatic carbocycles. The van der Waals surface area contributed by atoms with Crippen molar-refractivity contribution in [2.45, 2.75) is 6.42 Å². The Hall–Kier alpha value is -2.90. The summed E-state index contributed by atoms with van der Waals surface area (Å²) in [6, 6.07) is 2.75. The van der Waals surface area contributed by atoms with E-state index in [1.807, 2.05) is 0 Å². The van der Waals surface area contributed by atoms with Gasteiger partial charge in [0.2, 0.25) is 0 Å². The topological polar surface area (TPSA) is 132 Å². The Labute approximate surface area is 112 Å². The Balaban J connectivity index is 0.000000370. The zero-order valence-corrected chi connectivity index (χ0v) is 10.0. The number of carboxylic acids is 3. The van der Waals surface area contributed by atoms with Crippen molar-refractivity contribution in [2.75, 3.05) is 0 Å². The number of hydrogen-bond acceptors (Lipinski definition) is 4. The third-order valence-corrected chi connectivity index (χ3v) is 1.86. The number of aromatic hydroxyl groups is 1. The minimum atomic E-state index is -1.35. The van der Waals surface area contributed by atoms with Gasteiger partial charge < -0.3 is 20.4 Å². The molecule has 1 rings (SSSR count). The first-order valence-electron chi connectivity index (χ1n) is 4.99. The summed E-state index contributed by atoms with van der Waals surface area (Å²) in [7, 11) is 0. The van der Waals surface area contributed by atoms with E-state index in [1.54, 1.807) is 0 Å². The summed E-state index contributed by atoms with van der Waals surface area (Å²) in [4.78, 5) is 29.9. The Morgan fingerprint density at radius 2 is 1.70 bits per heavy atom. The fourth-order valence-corrected chi connectivity index (χ4v) is 0.938. The Morgan fingerprint density at radius 1 is 1.15 bits per heavy atom. The first kappa shape index (κ1) is 17.1. The highest BCUT2D eigenvalue weighted by Gasteiger charge is 2.09. The van der Waals surface area contributed by atoms with Crippen molar-refractivity contribution in [2.24, 2.45) is 0 Å². The van der Waals surface area contributed by atoms with Crippen molar-refractivity contribution in [3.8, 4) is 5.75 Å². The van der Waals surface area contributed by atoms with Gasteiger partial charge in [0.1, 0.15) is 17.1 Å². The molecule has 0 aromatic heterocycles. The molecule has 7 nitrogen and oxygen atoms in total. The second-order valence-electron chi connectivity index (χ2n) is 3.45. The van der Waals surface area contributed by atoms with E-state index in [-0.39, 0.29) is 5.57 Å². The van der Waals surface area contributed by atoms with Crippen LogP contribution in [0.2, 0.25) is 0 Å². The van der Waals surface area contributed by atoms with Gasteiger partial charge in [-0.3, -0.25) is 4.79 Å². The van der Waals surface area contributed by atoms with Gasteiger partial charge in [0.15, 0.2) is 0 Å². The van der Waals surface area contributed by atoms with E-state index < -0.39 is 41.5 Å². The summed E-state index contributed by atoms with van der Waals surface area (Å²) >= 11 is 0. The molecule has 0 unspecified atom stereocenters. The van der Waals surface area contributed by atoms with Gasteiger partial charge in [0, 0.05) is 5.57 Å². The molecule has 0 fully saturated rings. The van der Waals surface area contributed by atoms with E-state index in [9.17, 15) is 18.8 Å². The van der Waals surface area contributed by atoms with Crippen LogP contribution < -0.4 is 0 Å². The smallest absolute Gasteiger partial charge is 0.339 e. The molecular weight excluding hydrogens is 275 g/mol. The fraction of sp³-hybridized carbons (Fsp3) is 0.0833. The third-order valence-electron chi connectivity index (χ3n) is 1.86. The highest BCUT2D eigenvalue weighted by atomic mass is 19.1. The van der Waals surface area contributed by atoms with E-state index >= 15 is 0 Å². The summed E-state index contributed by atoms with van der Waals surface area (Å²) in [6.07, 6.45) is -0.505. The molecule has 8 heteroatoms. The first-order chi connectivity index (χ1) is 9.15. The van der Waals surface area contributed by atoms with Gasteiger partial charge in [-0.1, -0.05) is 6.58 Å². The predicted octanol–water partition coefficient (Wildman–Crippen LogP) is 1.33. The van der Waals surface area contributed by atoms with Crippen LogP contribution in [-0.2, 0) is 9.59 Å². The standard InChI is InChI=1S/C7H5FO3.C5H6O4/c8-4-1-2-6(9)5(3-4)7(10)11;1-3(5(8)9)2-4(6)7/h1-3,9H,(H,10,11);1-2H2,(H,6,7)(H,8,9). The molecule has 1 aromatic rings. The van der Waals surface area contributed by atoms with Crippen LogP contribution in [0, 0.1) is 5.82 Å². The Kier molecular flexibility index (Phi) is 6.43. The zero-order valence-electron chi connectivity index (χ0n) is 10.0. The van der Waals surface area contributed by atoms with Gasteiger partial charge in [-0.25, -0.2) is 14.0 Å². The van der Waals surface area contributed by atoms with Gasteiger partial charge in [0.25, 0.3) is 0 Å². The summed E-state index contributed by atoms with van der Waals surface area (Å²) in [5.74, 6) is -4.90. The second kappa shape index (κ2) is 7.52. The number of benzene rings is 1. The van der Waals surface area contributed by atoms with Crippen molar-refractivity contribution in [3.63, 3.8) is 0 Å². The lowest BCUT2D eigenvalue weighted by molar-refractivity contribution is -0.139. The maximum atomic E-state index is 12.3. The number of aromatic carboxylic acids is 1. The molecular formula is C12H11FO7. The number of aliphatic carboxylic acids is 2. The average Bonchev–Trinajstić information content (AvgIpc) is 2.31. The van der Waals surface area contributed by atoms with Gasteiger partial charge >= 0.3 is 17.9 Å². The Bertz CT molecular complexity index is 551. The molecule has 0 atom stereocenters. The number of carboxylic acid groups (broad SMARTS) is 3. The van der Waals surface area contributed by atoms with E-state index in [1.165, 1.54) is 0 Å². The molecule has 0 radical (unpaired) electrons. The minimum absolute atomic E-state index is 0.303. The molecule has 0 aliphatic rings. The number of phenols is 1. The molecule has 0 heterocycles. The lowest BCUT2D eigenvalue weighted by Gasteiger charge is -1.97. The van der Waals surface area contributed by atoms with Crippen molar-refractivity contribution >= 4 is 17.9 Å². The quantitative estimate of drug-likeness (QED) is 0.614. The van der Waals surface area contributed by atoms with Crippen LogP contribution >= 0.6 is 0 Å². The molecule has 20 heavy (non-hydrogen) atoms. The van der Waals surface area contributed by atoms with Gasteiger partial charge in [-0.05, 0) is 18.2 Å². The van der Waals surface area contributed by atoms with Crippen molar-refractivity contribution in [3.05, 3.63) is 41.7 Å². The van der Waals surface area contributed by atoms with Crippen LogP contribution in [0.15, 0.2) is 30.4 Å². The van der Waals surface area contributed by atoms with Crippen molar-refractivity contribution < 1.29 is 39.2 Å². The van der Waals surface area contributed by atoms with Crippen LogP contribution in [0.1, 0.15) is 16.8 Å². The largest absolute Gasteiger partial charge is 0.507 e. The van der Waals surface area contributed by atoms with Crippen molar-refractivity contribution in [1.29, 1.82) is 0 Å². The van der Waals surface area contributed by atoms with E-state index in [0.29, 0.717) is 0 Å². The summed E-state index contributed by atoms with van der Waals surface area (Å²) < 4.78 is 12.3. The molecule has 0 saturated carbocycles. The van der Waals surface area contributed by atoms with Crippen molar-refractivity contribution in [1.82, 2.24) is 0 Å². The zero-order chi connectivity index (χ0) is 15.9. The normalized spacial score (nSPS) is 9.05. The number of rotatable bonds is 4. The molecule has 0 aliphatic heterocycles. The summed E-state index contributed by atoms with van der Waals surface area (Å²) in [6.45, 7) is 3.01.